The van der Waals surface area contributed by atoms with E-state index in [2.05, 4.69) is 37.1 Å². The summed E-state index contributed by atoms with van der Waals surface area (Å²) >= 11 is 3.14. The molecule has 0 bridgehead atoms. The van der Waals surface area contributed by atoms with Gasteiger partial charge < -0.3 is 15.4 Å². The van der Waals surface area contributed by atoms with Crippen molar-refractivity contribution in [1.29, 1.82) is 0 Å². The first-order chi connectivity index (χ1) is 16.3. The van der Waals surface area contributed by atoms with Gasteiger partial charge in [-0.05, 0) is 72.3 Å². The fraction of sp³-hybridized carbons (Fsp3) is 0.0435. The topological polar surface area (TPSA) is 109 Å². The lowest BCUT2D eigenvalue weighted by molar-refractivity contribution is -0.136. The Balaban J connectivity index is 1.43. The standard InChI is InChI=1S/C23H17BrF2N4O4/c24-15-3-10-20(19(26)11-15)29-21(31)13-34-18-8-1-14(2-9-18)12-27-30-23(33)22(32)28-17-6-4-16(25)5-7-17/h1-12H,13H2,(H,28,32)(H,29,31)(H,30,33)/b27-12-. The van der Waals surface area contributed by atoms with E-state index in [0.29, 0.717) is 15.8 Å². The van der Waals surface area contributed by atoms with Crippen molar-refractivity contribution in [2.45, 2.75) is 0 Å². The summed E-state index contributed by atoms with van der Waals surface area (Å²) in [5, 5.41) is 8.41. The largest absolute Gasteiger partial charge is 0.484 e. The molecule has 0 heterocycles. The summed E-state index contributed by atoms with van der Waals surface area (Å²) in [6.45, 7) is -0.331. The van der Waals surface area contributed by atoms with Crippen molar-refractivity contribution in [1.82, 2.24) is 5.43 Å². The smallest absolute Gasteiger partial charge is 0.329 e. The molecule has 0 radical (unpaired) electrons. The highest BCUT2D eigenvalue weighted by Crippen LogP contribution is 2.19. The molecule has 3 N–H and O–H groups in total. The van der Waals surface area contributed by atoms with Crippen LogP contribution in [0.2, 0.25) is 0 Å². The summed E-state index contributed by atoms with van der Waals surface area (Å²) in [4.78, 5) is 35.5. The predicted octanol–water partition coefficient (Wildman–Crippen LogP) is 3.83. The van der Waals surface area contributed by atoms with Gasteiger partial charge in [-0.1, -0.05) is 15.9 Å². The third kappa shape index (κ3) is 7.48. The van der Waals surface area contributed by atoms with Gasteiger partial charge in [0.05, 0.1) is 11.9 Å². The summed E-state index contributed by atoms with van der Waals surface area (Å²) in [6.07, 6.45) is 1.30. The van der Waals surface area contributed by atoms with E-state index in [1.165, 1.54) is 30.5 Å². The van der Waals surface area contributed by atoms with Crippen molar-refractivity contribution < 1.29 is 27.9 Å². The van der Waals surface area contributed by atoms with E-state index in [9.17, 15) is 23.2 Å². The lowest BCUT2D eigenvalue weighted by atomic mass is 10.2. The maximum atomic E-state index is 13.8. The SMILES string of the molecule is O=C(COc1ccc(/C=N\NC(=O)C(=O)Nc2ccc(F)cc2)cc1)Nc1ccc(Br)cc1F. The zero-order valence-electron chi connectivity index (χ0n) is 17.3. The number of halogens is 3. The van der Waals surface area contributed by atoms with E-state index < -0.39 is 29.4 Å². The number of hydrogen-bond acceptors (Lipinski definition) is 5. The van der Waals surface area contributed by atoms with Crippen LogP contribution in [0.3, 0.4) is 0 Å². The molecule has 0 saturated carbocycles. The second-order valence-corrected chi connectivity index (χ2v) is 7.61. The van der Waals surface area contributed by atoms with Crippen LogP contribution in [0.1, 0.15) is 5.56 Å². The number of nitrogens with zero attached hydrogens (tertiary/aromatic N) is 1. The average Bonchev–Trinajstić information content (AvgIpc) is 2.81. The number of ether oxygens (including phenoxy) is 1. The van der Waals surface area contributed by atoms with Gasteiger partial charge in [0, 0.05) is 10.2 Å². The molecular formula is C23H17BrF2N4O4. The molecule has 34 heavy (non-hydrogen) atoms. The van der Waals surface area contributed by atoms with E-state index in [0.717, 1.165) is 12.1 Å². The highest BCUT2D eigenvalue weighted by Gasteiger charge is 2.13. The molecule has 8 nitrogen and oxygen atoms in total. The quantitative estimate of drug-likeness (QED) is 0.245. The van der Waals surface area contributed by atoms with Crippen molar-refractivity contribution in [3.63, 3.8) is 0 Å². The molecule has 0 unspecified atom stereocenters. The molecule has 0 aliphatic rings. The number of benzene rings is 3. The molecule has 0 fully saturated rings. The van der Waals surface area contributed by atoms with Gasteiger partial charge in [0.25, 0.3) is 5.91 Å². The number of anilines is 2. The van der Waals surface area contributed by atoms with Crippen LogP contribution in [-0.4, -0.2) is 30.5 Å². The normalized spacial score (nSPS) is 10.6. The van der Waals surface area contributed by atoms with Crippen LogP contribution in [0.15, 0.2) is 76.3 Å². The van der Waals surface area contributed by atoms with Crippen molar-refractivity contribution in [3.05, 3.63) is 88.4 Å². The fourth-order valence-electron chi connectivity index (χ4n) is 2.51. The first-order valence-electron chi connectivity index (χ1n) is 9.68. The van der Waals surface area contributed by atoms with Crippen LogP contribution in [0, 0.1) is 11.6 Å². The van der Waals surface area contributed by atoms with Gasteiger partial charge in [0.2, 0.25) is 0 Å². The first-order valence-corrected chi connectivity index (χ1v) is 10.5. The maximum Gasteiger partial charge on any atom is 0.329 e. The minimum absolute atomic E-state index is 0.0387. The molecule has 3 aromatic rings. The Hall–Kier alpha value is -4.12. The van der Waals surface area contributed by atoms with Crippen LogP contribution in [-0.2, 0) is 14.4 Å². The molecule has 0 atom stereocenters. The molecule has 0 aromatic heterocycles. The van der Waals surface area contributed by atoms with Crippen molar-refractivity contribution in [3.8, 4) is 5.75 Å². The minimum atomic E-state index is -1.01. The van der Waals surface area contributed by atoms with Crippen molar-refractivity contribution in [2.24, 2.45) is 5.10 Å². The third-order valence-electron chi connectivity index (χ3n) is 4.14. The lowest BCUT2D eigenvalue weighted by Gasteiger charge is -2.08. The molecule has 3 amide bonds. The molecule has 3 aromatic carbocycles. The Morgan fingerprint density at radius 1 is 0.912 bits per heavy atom. The molecule has 3 rings (SSSR count). The molecule has 0 aliphatic carbocycles. The second kappa shape index (κ2) is 11.7. The maximum absolute atomic E-state index is 13.8. The molecule has 0 spiro atoms. The molecule has 0 aliphatic heterocycles. The molecule has 11 heteroatoms. The van der Waals surface area contributed by atoms with Crippen LogP contribution in [0.5, 0.6) is 5.75 Å². The Kier molecular flexibility index (Phi) is 8.41. The number of amides is 3. The van der Waals surface area contributed by atoms with Gasteiger partial charge in [-0.2, -0.15) is 5.10 Å². The van der Waals surface area contributed by atoms with Gasteiger partial charge in [0.15, 0.2) is 6.61 Å². The molecule has 0 saturated heterocycles. The predicted molar refractivity (Wildman–Crippen MR) is 125 cm³/mol. The van der Waals surface area contributed by atoms with Gasteiger partial charge >= 0.3 is 11.8 Å². The average molecular weight is 531 g/mol. The number of hydrogen-bond donors (Lipinski definition) is 3. The monoisotopic (exact) mass is 530 g/mol. The highest BCUT2D eigenvalue weighted by molar-refractivity contribution is 9.10. The van der Waals surface area contributed by atoms with Gasteiger partial charge in [-0.25, -0.2) is 14.2 Å². The first kappa shape index (κ1) is 24.5. The fourth-order valence-corrected chi connectivity index (χ4v) is 2.85. The van der Waals surface area contributed by atoms with Crippen LogP contribution in [0.25, 0.3) is 0 Å². The summed E-state index contributed by atoms with van der Waals surface area (Å²) in [7, 11) is 0. The van der Waals surface area contributed by atoms with Crippen molar-refractivity contribution >= 4 is 51.2 Å². The number of carbonyl (C=O) groups excluding carboxylic acids is 3. The summed E-state index contributed by atoms with van der Waals surface area (Å²) in [5.41, 5.74) is 2.95. The Bertz CT molecular complexity index is 1220. The summed E-state index contributed by atoms with van der Waals surface area (Å²) in [5.74, 6) is -3.17. The van der Waals surface area contributed by atoms with Crippen LogP contribution < -0.4 is 20.8 Å². The lowest BCUT2D eigenvalue weighted by Crippen LogP contribution is -2.32. The number of rotatable bonds is 7. The molecule has 174 valence electrons. The zero-order chi connectivity index (χ0) is 24.5. The third-order valence-corrected chi connectivity index (χ3v) is 4.64. The van der Waals surface area contributed by atoms with E-state index in [-0.39, 0.29) is 18.0 Å². The number of nitrogens with one attached hydrogen (secondary N) is 3. The van der Waals surface area contributed by atoms with Crippen LogP contribution in [0.4, 0.5) is 20.2 Å². The number of hydrazone groups is 1. The van der Waals surface area contributed by atoms with Crippen LogP contribution >= 0.6 is 15.9 Å². The zero-order valence-corrected chi connectivity index (χ0v) is 18.9. The van der Waals surface area contributed by atoms with E-state index in [1.807, 2.05) is 0 Å². The van der Waals surface area contributed by atoms with E-state index in [1.54, 1.807) is 30.3 Å². The second-order valence-electron chi connectivity index (χ2n) is 6.69. The highest BCUT2D eigenvalue weighted by atomic mass is 79.9. The number of carbonyl (C=O) groups is 3. The Morgan fingerprint density at radius 2 is 1.62 bits per heavy atom. The van der Waals surface area contributed by atoms with E-state index in [4.69, 9.17) is 4.74 Å². The minimum Gasteiger partial charge on any atom is -0.484 e. The van der Waals surface area contributed by atoms with Gasteiger partial charge in [-0.3, -0.25) is 14.4 Å². The summed E-state index contributed by atoms with van der Waals surface area (Å²) < 4.78 is 32.5. The van der Waals surface area contributed by atoms with Gasteiger partial charge in [0.1, 0.15) is 17.4 Å². The van der Waals surface area contributed by atoms with Gasteiger partial charge in [-0.15, -0.1) is 0 Å². The Labute approximate surface area is 201 Å². The summed E-state index contributed by atoms with van der Waals surface area (Å²) in [6, 6.07) is 15.5. The Morgan fingerprint density at radius 3 is 2.29 bits per heavy atom. The van der Waals surface area contributed by atoms with E-state index >= 15 is 0 Å². The molecular weight excluding hydrogens is 514 g/mol. The van der Waals surface area contributed by atoms with Crippen molar-refractivity contribution in [2.75, 3.05) is 17.2 Å².